The Kier molecular flexibility index (Phi) is 7.91. The van der Waals surface area contributed by atoms with Gasteiger partial charge in [0.15, 0.2) is 12.1 Å². The number of aliphatic imine (C=N–C) groups is 1. The van der Waals surface area contributed by atoms with E-state index in [1.165, 1.54) is 48.9 Å². The van der Waals surface area contributed by atoms with E-state index in [0.717, 1.165) is 36.6 Å². The van der Waals surface area contributed by atoms with E-state index in [9.17, 15) is 5.11 Å². The fourth-order valence-electron chi connectivity index (χ4n) is 8.75. The summed E-state index contributed by atoms with van der Waals surface area (Å²) in [5.74, 6) is 1.34. The smallest absolute Gasteiger partial charge is 0.213 e. The summed E-state index contributed by atoms with van der Waals surface area (Å²) in [4.78, 5) is 5.27. The van der Waals surface area contributed by atoms with Crippen LogP contribution in [-0.4, -0.2) is 24.9 Å². The first-order chi connectivity index (χ1) is 20.5. The molecule has 6 rings (SSSR count). The van der Waals surface area contributed by atoms with Crippen molar-refractivity contribution in [1.29, 1.82) is 0 Å². The zero-order valence-electron chi connectivity index (χ0n) is 26.7. The van der Waals surface area contributed by atoms with Crippen LogP contribution in [0.1, 0.15) is 75.0 Å². The molecular formula is C38H50N3OSi+. The van der Waals surface area contributed by atoms with Crippen LogP contribution in [0.25, 0.3) is 11.3 Å². The van der Waals surface area contributed by atoms with E-state index in [-0.39, 0.29) is 35.2 Å². The largest absolute Gasteiger partial charge is 0.495 e. The number of nitrogens with zero attached hydrogens (tertiary/aromatic N) is 2. The third kappa shape index (κ3) is 5.50. The van der Waals surface area contributed by atoms with Crippen LogP contribution in [0.4, 0.5) is 0 Å². The quantitative estimate of drug-likeness (QED) is 0.154. The number of pyridine rings is 1. The maximum absolute atomic E-state index is 10.2. The molecule has 2 N–H and O–H groups in total. The summed E-state index contributed by atoms with van der Waals surface area (Å²) >= 11 is 0. The number of aliphatic hydroxyl groups excluding tert-OH is 1. The van der Waals surface area contributed by atoms with Gasteiger partial charge in [0.1, 0.15) is 5.70 Å². The van der Waals surface area contributed by atoms with Crippen LogP contribution < -0.4 is 15.1 Å². The lowest BCUT2D eigenvalue weighted by Gasteiger charge is -2.39. The van der Waals surface area contributed by atoms with E-state index in [0.29, 0.717) is 0 Å². The second kappa shape index (κ2) is 11.4. The van der Waals surface area contributed by atoms with Crippen molar-refractivity contribution in [3.8, 4) is 11.3 Å². The van der Waals surface area contributed by atoms with Gasteiger partial charge in [0.25, 0.3) is 0 Å². The molecule has 1 fully saturated rings. The van der Waals surface area contributed by atoms with Gasteiger partial charge >= 0.3 is 0 Å². The molecular weight excluding hydrogens is 543 g/mol. The molecule has 2 aromatic rings. The standard InChI is InChI=1S/C38H49N3OSi/c1-8-30-23-38(19-17-25(2)37(38)40-27(4)42)20-18-33-31-15-11-12-16-32(31)34-22-29(21-28-13-9-10-14-28)35(43(5,6)7)24-41(34)36(33)26(3)39-30/h8,11-12,15-17,19,22,24-25,28,33,36-37,40H,1,3-4,9-10,13-14,18,20-21,23H2,2,5-7H3/p+1. The number of aliphatic hydroxyl groups is 1. The van der Waals surface area contributed by atoms with Gasteiger partial charge in [0, 0.05) is 40.4 Å². The number of fused-ring (bicyclic) bond motifs is 6. The van der Waals surface area contributed by atoms with Gasteiger partial charge in [-0.15, -0.1) is 0 Å². The van der Waals surface area contributed by atoms with Gasteiger partial charge in [-0.3, -0.25) is 4.99 Å². The fraction of sp³-hybridized carbons (Fsp3) is 0.474. The van der Waals surface area contributed by atoms with Crippen molar-refractivity contribution < 1.29 is 9.67 Å². The number of allylic oxidation sites excluding steroid dienone is 2. The molecule has 4 aliphatic rings. The monoisotopic (exact) mass is 592 g/mol. The normalized spacial score (nSPS) is 28.7. The Labute approximate surface area is 260 Å². The third-order valence-corrected chi connectivity index (χ3v) is 12.9. The zero-order chi connectivity index (χ0) is 30.5. The van der Waals surface area contributed by atoms with Gasteiger partial charge in [0.2, 0.25) is 11.7 Å². The van der Waals surface area contributed by atoms with Crippen molar-refractivity contribution in [3.63, 3.8) is 0 Å². The van der Waals surface area contributed by atoms with Gasteiger partial charge in [-0.2, -0.15) is 4.57 Å². The molecule has 1 aromatic heterocycles. The lowest BCUT2D eigenvalue weighted by atomic mass is 9.70. The highest BCUT2D eigenvalue weighted by molar-refractivity contribution is 6.89. The molecule has 43 heavy (non-hydrogen) atoms. The summed E-state index contributed by atoms with van der Waals surface area (Å²) in [5.41, 5.74) is 7.29. The summed E-state index contributed by atoms with van der Waals surface area (Å²) < 4.78 is 2.56. The molecule has 0 radical (unpaired) electrons. The summed E-state index contributed by atoms with van der Waals surface area (Å²) in [6.45, 7) is 22.3. The number of benzene rings is 1. The molecule has 4 nitrogen and oxygen atoms in total. The van der Waals surface area contributed by atoms with Crippen LogP contribution in [0.2, 0.25) is 19.6 Å². The van der Waals surface area contributed by atoms with E-state index >= 15 is 0 Å². The first kappa shape index (κ1) is 29.9. The number of hydrogen-bond donors (Lipinski definition) is 2. The van der Waals surface area contributed by atoms with Crippen LogP contribution in [0.15, 0.2) is 91.1 Å². The summed E-state index contributed by atoms with van der Waals surface area (Å²) in [6.07, 6.45) is 18.5. The van der Waals surface area contributed by atoms with Crippen LogP contribution in [-0.2, 0) is 6.42 Å². The van der Waals surface area contributed by atoms with E-state index in [1.807, 2.05) is 6.08 Å². The predicted molar refractivity (Wildman–Crippen MR) is 183 cm³/mol. The van der Waals surface area contributed by atoms with Gasteiger partial charge < -0.3 is 10.4 Å². The second-order valence-electron chi connectivity index (χ2n) is 14.8. The molecule has 1 saturated carbocycles. The molecule has 226 valence electrons. The Hall–Kier alpha value is -3.18. The number of aromatic nitrogens is 1. The molecule has 2 aliphatic carbocycles. The van der Waals surface area contributed by atoms with E-state index in [2.05, 4.69) is 105 Å². The molecule has 0 amide bonds. The first-order valence-electron chi connectivity index (χ1n) is 16.4. The molecule has 0 bridgehead atoms. The Balaban J connectivity index is 1.51. The topological polar surface area (TPSA) is 48.5 Å². The van der Waals surface area contributed by atoms with Gasteiger partial charge in [-0.05, 0) is 60.9 Å². The zero-order valence-corrected chi connectivity index (χ0v) is 27.7. The molecule has 5 atom stereocenters. The summed E-state index contributed by atoms with van der Waals surface area (Å²) in [7, 11) is -1.64. The van der Waals surface area contributed by atoms with E-state index in [4.69, 9.17) is 4.99 Å². The molecule has 1 aromatic carbocycles. The number of hydrogen-bond acceptors (Lipinski definition) is 3. The van der Waals surface area contributed by atoms with E-state index < -0.39 is 8.07 Å². The molecule has 1 spiro atoms. The predicted octanol–water partition coefficient (Wildman–Crippen LogP) is 8.06. The van der Waals surface area contributed by atoms with Gasteiger partial charge in [-0.25, -0.2) is 0 Å². The minimum absolute atomic E-state index is 0.0268. The fourth-order valence-corrected chi connectivity index (χ4v) is 10.4. The van der Waals surface area contributed by atoms with Gasteiger partial charge in [-0.1, -0.05) is 95.8 Å². The average molecular weight is 593 g/mol. The van der Waals surface area contributed by atoms with Crippen LogP contribution in [0.5, 0.6) is 0 Å². The average Bonchev–Trinajstić information content (AvgIpc) is 3.59. The highest BCUT2D eigenvalue weighted by Gasteiger charge is 2.49. The van der Waals surface area contributed by atoms with Crippen LogP contribution in [0, 0.1) is 17.3 Å². The second-order valence-corrected chi connectivity index (χ2v) is 19.8. The van der Waals surface area contributed by atoms with Crippen molar-refractivity contribution in [2.45, 2.75) is 95.9 Å². The van der Waals surface area contributed by atoms with Crippen molar-refractivity contribution >= 4 is 19.0 Å². The molecule has 2 aliphatic heterocycles. The van der Waals surface area contributed by atoms with E-state index in [1.54, 1.807) is 10.8 Å². The lowest BCUT2D eigenvalue weighted by molar-refractivity contribution is -0.708. The Bertz CT molecular complexity index is 1510. The molecule has 0 saturated heterocycles. The highest BCUT2D eigenvalue weighted by atomic mass is 28.3. The Morgan fingerprint density at radius 3 is 2.63 bits per heavy atom. The molecule has 5 unspecified atom stereocenters. The minimum atomic E-state index is -1.64. The minimum Gasteiger partial charge on any atom is -0.495 e. The maximum atomic E-state index is 10.2. The Morgan fingerprint density at radius 1 is 1.19 bits per heavy atom. The lowest BCUT2D eigenvalue weighted by Crippen LogP contribution is -2.54. The number of nitrogens with one attached hydrogen (secondary N) is 1. The van der Waals surface area contributed by atoms with Crippen LogP contribution >= 0.6 is 0 Å². The molecule has 3 heterocycles. The number of rotatable bonds is 6. The molecule has 5 heteroatoms. The third-order valence-electron chi connectivity index (χ3n) is 10.8. The first-order valence-corrected chi connectivity index (χ1v) is 19.9. The van der Waals surface area contributed by atoms with Crippen molar-refractivity contribution in [2.24, 2.45) is 22.2 Å². The maximum Gasteiger partial charge on any atom is 0.213 e. The van der Waals surface area contributed by atoms with Crippen molar-refractivity contribution in [3.05, 3.63) is 97.2 Å². The Morgan fingerprint density at radius 2 is 1.93 bits per heavy atom. The van der Waals surface area contributed by atoms with Crippen molar-refractivity contribution in [1.82, 2.24) is 5.32 Å². The van der Waals surface area contributed by atoms with Crippen LogP contribution in [0.3, 0.4) is 0 Å². The SMILES string of the molecule is C=CC1=NC(=C)C2C(CCC3(C=CC(C)C3NC(=C)O)C1)c1ccccc1-c1cc(CC3CCCC3)c([Si](C)(C)C)c[n+]12. The van der Waals surface area contributed by atoms with Gasteiger partial charge in [0.05, 0.1) is 14.0 Å². The summed E-state index contributed by atoms with van der Waals surface area (Å²) in [6, 6.07) is 11.7. The summed E-state index contributed by atoms with van der Waals surface area (Å²) in [5, 5.41) is 15.1. The highest BCUT2D eigenvalue weighted by Crippen LogP contribution is 2.50. The van der Waals surface area contributed by atoms with Crippen molar-refractivity contribution in [2.75, 3.05) is 0 Å².